The molecule has 0 fully saturated rings. The molecule has 0 aliphatic heterocycles. The minimum Gasteiger partial charge on any atom is -0.348 e. The highest BCUT2D eigenvalue weighted by molar-refractivity contribution is 7.10. The maximum absolute atomic E-state index is 11.8. The molecule has 0 aliphatic rings. The van der Waals surface area contributed by atoms with Gasteiger partial charge in [-0.25, -0.2) is 0 Å². The van der Waals surface area contributed by atoms with Crippen LogP contribution in [0.2, 0.25) is 0 Å². The quantitative estimate of drug-likeness (QED) is 0.858. The van der Waals surface area contributed by atoms with Crippen LogP contribution in [0.25, 0.3) is 0 Å². The van der Waals surface area contributed by atoms with Crippen LogP contribution in [0.3, 0.4) is 0 Å². The summed E-state index contributed by atoms with van der Waals surface area (Å²) in [7, 11) is 0. The van der Waals surface area contributed by atoms with E-state index in [9.17, 15) is 18.0 Å². The van der Waals surface area contributed by atoms with Gasteiger partial charge in [0.15, 0.2) is 0 Å². The molecule has 6 heteroatoms. The standard InChI is InChI=1S/C9H10F3NOS/c1-6-3-5-15-7(6)2-4-13-8(14)9(10,11)12/h3,5H,2,4H2,1H3,(H,13,14). The fraction of sp³-hybridized carbons (Fsp3) is 0.444. The highest BCUT2D eigenvalue weighted by Crippen LogP contribution is 2.16. The van der Waals surface area contributed by atoms with Crippen molar-refractivity contribution >= 4 is 17.2 Å². The Labute approximate surface area is 89.1 Å². The van der Waals surface area contributed by atoms with Crippen LogP contribution in [0.15, 0.2) is 11.4 Å². The van der Waals surface area contributed by atoms with Crippen molar-refractivity contribution in [2.24, 2.45) is 0 Å². The maximum atomic E-state index is 11.8. The number of halogens is 3. The summed E-state index contributed by atoms with van der Waals surface area (Å²) in [5.74, 6) is -1.88. The Morgan fingerprint density at radius 2 is 2.20 bits per heavy atom. The molecule has 1 amide bonds. The van der Waals surface area contributed by atoms with E-state index in [1.54, 1.807) is 0 Å². The molecule has 15 heavy (non-hydrogen) atoms. The predicted octanol–water partition coefficient (Wildman–Crippen LogP) is 2.28. The van der Waals surface area contributed by atoms with Crippen LogP contribution >= 0.6 is 11.3 Å². The Bertz CT molecular complexity index is 345. The fourth-order valence-corrected chi connectivity index (χ4v) is 1.96. The highest BCUT2D eigenvalue weighted by Gasteiger charge is 2.38. The van der Waals surface area contributed by atoms with Crippen molar-refractivity contribution in [2.75, 3.05) is 6.54 Å². The predicted molar refractivity (Wildman–Crippen MR) is 51.8 cm³/mol. The smallest absolute Gasteiger partial charge is 0.348 e. The average molecular weight is 237 g/mol. The lowest BCUT2D eigenvalue weighted by atomic mass is 10.2. The molecule has 2 nitrogen and oxygen atoms in total. The lowest BCUT2D eigenvalue weighted by molar-refractivity contribution is -0.173. The molecule has 0 spiro atoms. The van der Waals surface area contributed by atoms with Crippen LogP contribution in [0.1, 0.15) is 10.4 Å². The van der Waals surface area contributed by atoms with Crippen LogP contribution in [0, 0.1) is 6.92 Å². The Kier molecular flexibility index (Phi) is 3.73. The van der Waals surface area contributed by atoms with Crippen molar-refractivity contribution in [2.45, 2.75) is 19.5 Å². The number of amides is 1. The summed E-state index contributed by atoms with van der Waals surface area (Å²) in [6.07, 6.45) is -4.35. The monoisotopic (exact) mass is 237 g/mol. The number of hydrogen-bond acceptors (Lipinski definition) is 2. The molecule has 0 atom stereocenters. The van der Waals surface area contributed by atoms with Crippen LogP contribution in [-0.2, 0) is 11.2 Å². The second kappa shape index (κ2) is 4.65. The van der Waals surface area contributed by atoms with Crippen LogP contribution < -0.4 is 5.32 Å². The summed E-state index contributed by atoms with van der Waals surface area (Å²) in [5.41, 5.74) is 1.04. The second-order valence-corrected chi connectivity index (χ2v) is 4.03. The lowest BCUT2D eigenvalue weighted by Gasteiger charge is -2.07. The topological polar surface area (TPSA) is 29.1 Å². The Balaban J connectivity index is 2.35. The first-order chi connectivity index (χ1) is 6.91. The molecule has 1 N–H and O–H groups in total. The minimum absolute atomic E-state index is 0.0136. The molecule has 0 bridgehead atoms. The zero-order valence-corrected chi connectivity index (χ0v) is 8.84. The van der Waals surface area contributed by atoms with Gasteiger partial charge in [0.1, 0.15) is 0 Å². The van der Waals surface area contributed by atoms with Gasteiger partial charge in [-0.2, -0.15) is 13.2 Å². The van der Waals surface area contributed by atoms with E-state index in [0.717, 1.165) is 10.4 Å². The molecule has 0 unspecified atom stereocenters. The number of rotatable bonds is 3. The molecule has 0 saturated heterocycles. The summed E-state index contributed by atoms with van der Waals surface area (Å²) < 4.78 is 35.4. The van der Waals surface area contributed by atoms with Crippen LogP contribution in [0.5, 0.6) is 0 Å². The summed E-state index contributed by atoms with van der Waals surface area (Å²) in [6, 6.07) is 1.89. The molecule has 1 aromatic rings. The Morgan fingerprint density at radius 3 is 2.67 bits per heavy atom. The van der Waals surface area contributed by atoms with E-state index in [2.05, 4.69) is 0 Å². The third-order valence-electron chi connectivity index (χ3n) is 1.86. The number of hydrogen-bond donors (Lipinski definition) is 1. The second-order valence-electron chi connectivity index (χ2n) is 3.03. The van der Waals surface area contributed by atoms with Gasteiger partial charge in [0.05, 0.1) is 0 Å². The lowest BCUT2D eigenvalue weighted by Crippen LogP contribution is -2.37. The molecule has 0 radical (unpaired) electrons. The number of carbonyl (C=O) groups is 1. The van der Waals surface area contributed by atoms with Crippen molar-refractivity contribution in [1.82, 2.24) is 5.32 Å². The minimum atomic E-state index is -4.79. The van der Waals surface area contributed by atoms with E-state index in [1.165, 1.54) is 11.3 Å². The average Bonchev–Trinajstić information content (AvgIpc) is 2.50. The zero-order valence-electron chi connectivity index (χ0n) is 8.02. The summed E-state index contributed by atoms with van der Waals surface area (Å²) in [5, 5.41) is 3.70. The number of nitrogens with one attached hydrogen (secondary N) is 1. The molecule has 0 saturated carbocycles. The van der Waals surface area contributed by atoms with Gasteiger partial charge in [0, 0.05) is 11.4 Å². The summed E-state index contributed by atoms with van der Waals surface area (Å²) >= 11 is 1.48. The van der Waals surface area contributed by atoms with Crippen molar-refractivity contribution in [1.29, 1.82) is 0 Å². The Hall–Kier alpha value is -1.04. The zero-order chi connectivity index (χ0) is 11.5. The first-order valence-corrected chi connectivity index (χ1v) is 5.17. The van der Waals surface area contributed by atoms with Gasteiger partial charge in [0.25, 0.3) is 0 Å². The third-order valence-corrected chi connectivity index (χ3v) is 2.95. The SMILES string of the molecule is Cc1ccsc1CCNC(=O)C(F)(F)F. The van der Waals surface area contributed by atoms with E-state index in [-0.39, 0.29) is 6.54 Å². The molecular formula is C9H10F3NOS. The molecule has 1 heterocycles. The third kappa shape index (κ3) is 3.54. The number of alkyl halides is 3. The molecule has 1 aromatic heterocycles. The Morgan fingerprint density at radius 1 is 1.53 bits per heavy atom. The van der Waals surface area contributed by atoms with Gasteiger partial charge in [-0.05, 0) is 30.4 Å². The van der Waals surface area contributed by atoms with Gasteiger partial charge in [-0.3, -0.25) is 4.79 Å². The molecular weight excluding hydrogens is 227 g/mol. The largest absolute Gasteiger partial charge is 0.471 e. The fourth-order valence-electron chi connectivity index (χ4n) is 1.05. The number of aryl methyl sites for hydroxylation is 1. The van der Waals surface area contributed by atoms with Crippen molar-refractivity contribution in [3.63, 3.8) is 0 Å². The van der Waals surface area contributed by atoms with Crippen molar-refractivity contribution < 1.29 is 18.0 Å². The molecule has 1 rings (SSSR count). The molecule has 0 aromatic carbocycles. The van der Waals surface area contributed by atoms with Crippen LogP contribution in [0.4, 0.5) is 13.2 Å². The molecule has 84 valence electrons. The van der Waals surface area contributed by atoms with E-state index >= 15 is 0 Å². The van der Waals surface area contributed by atoms with Gasteiger partial charge < -0.3 is 5.32 Å². The van der Waals surface area contributed by atoms with E-state index in [0.29, 0.717) is 6.42 Å². The normalized spacial score (nSPS) is 11.5. The van der Waals surface area contributed by atoms with Gasteiger partial charge >= 0.3 is 12.1 Å². The van der Waals surface area contributed by atoms with E-state index in [1.807, 2.05) is 23.7 Å². The van der Waals surface area contributed by atoms with Gasteiger partial charge in [0.2, 0.25) is 0 Å². The van der Waals surface area contributed by atoms with Gasteiger partial charge in [-0.1, -0.05) is 0 Å². The number of carbonyl (C=O) groups excluding carboxylic acids is 1. The summed E-state index contributed by atoms with van der Waals surface area (Å²) in [4.78, 5) is 11.4. The van der Waals surface area contributed by atoms with E-state index < -0.39 is 12.1 Å². The highest BCUT2D eigenvalue weighted by atomic mass is 32.1. The maximum Gasteiger partial charge on any atom is 0.471 e. The summed E-state index contributed by atoms with van der Waals surface area (Å²) in [6.45, 7) is 1.90. The van der Waals surface area contributed by atoms with Crippen molar-refractivity contribution in [3.05, 3.63) is 21.9 Å². The van der Waals surface area contributed by atoms with E-state index in [4.69, 9.17) is 0 Å². The van der Waals surface area contributed by atoms with Crippen LogP contribution in [-0.4, -0.2) is 18.6 Å². The first kappa shape index (κ1) is 12.0. The first-order valence-electron chi connectivity index (χ1n) is 4.29. The van der Waals surface area contributed by atoms with Gasteiger partial charge in [-0.15, -0.1) is 11.3 Å². The van der Waals surface area contributed by atoms with Crippen molar-refractivity contribution in [3.8, 4) is 0 Å². The molecule has 0 aliphatic carbocycles. The number of thiophene rings is 1.